The molecule has 9 heteroatoms. The lowest BCUT2D eigenvalue weighted by molar-refractivity contribution is 0.407. The smallest absolute Gasteiger partial charge is 0.383 e. The van der Waals surface area contributed by atoms with Gasteiger partial charge in [0.2, 0.25) is 11.8 Å². The van der Waals surface area contributed by atoms with E-state index in [0.717, 1.165) is 24.3 Å². The predicted octanol–water partition coefficient (Wildman–Crippen LogP) is 2.90. The molecule has 0 amide bonds. The molecule has 2 aromatic carbocycles. The van der Waals surface area contributed by atoms with E-state index in [1.165, 1.54) is 0 Å². The van der Waals surface area contributed by atoms with E-state index in [9.17, 15) is 8.42 Å². The Balaban J connectivity index is 1.74. The van der Waals surface area contributed by atoms with E-state index in [4.69, 9.17) is 8.60 Å². The van der Waals surface area contributed by atoms with Crippen molar-refractivity contribution in [3.05, 3.63) is 60.0 Å². The highest BCUT2D eigenvalue weighted by Gasteiger charge is 2.35. The van der Waals surface area contributed by atoms with Crippen LogP contribution in [0.25, 0.3) is 11.5 Å². The van der Waals surface area contributed by atoms with Gasteiger partial charge in [-0.1, -0.05) is 24.3 Å². The van der Waals surface area contributed by atoms with Crippen molar-refractivity contribution in [3.8, 4) is 17.2 Å². The number of aromatic nitrogens is 2. The fraction of sp³-hybridized carbons (Fsp3) is 0.263. The van der Waals surface area contributed by atoms with Gasteiger partial charge in [-0.15, -0.1) is 10.2 Å². The fourth-order valence-corrected chi connectivity index (χ4v) is 4.15. The number of nitrogens with zero attached hydrogens (tertiary/aromatic N) is 3. The van der Waals surface area contributed by atoms with E-state index < -0.39 is 16.3 Å². The van der Waals surface area contributed by atoms with E-state index in [-0.39, 0.29) is 11.6 Å². The lowest BCUT2D eigenvalue weighted by Gasteiger charge is -2.27. The number of hydrogen-bond donors (Lipinski definition) is 1. The van der Waals surface area contributed by atoms with E-state index in [1.54, 1.807) is 6.07 Å². The Bertz CT molecular complexity index is 1080. The van der Waals surface area contributed by atoms with Crippen LogP contribution in [-0.4, -0.2) is 31.7 Å². The van der Waals surface area contributed by atoms with Crippen LogP contribution >= 0.6 is 0 Å². The van der Waals surface area contributed by atoms with Crippen LogP contribution in [0.2, 0.25) is 0 Å². The highest BCUT2D eigenvalue weighted by atomic mass is 32.2. The Morgan fingerprint density at radius 2 is 1.82 bits per heavy atom. The molecule has 0 aliphatic carbocycles. The minimum atomic E-state index is -4.00. The van der Waals surface area contributed by atoms with Gasteiger partial charge in [-0.2, -0.15) is 13.1 Å². The van der Waals surface area contributed by atoms with Gasteiger partial charge in [0.15, 0.2) is 5.75 Å². The Morgan fingerprint density at radius 1 is 1.07 bits per heavy atom. The molecule has 28 heavy (non-hydrogen) atoms. The summed E-state index contributed by atoms with van der Waals surface area (Å²) in [5, 5.41) is 8.12. The van der Waals surface area contributed by atoms with Crippen molar-refractivity contribution < 1.29 is 17.0 Å². The summed E-state index contributed by atoms with van der Waals surface area (Å²) in [6.07, 6.45) is 0. The average molecular weight is 400 g/mol. The standard InChI is InChI=1S/C19H20N4O4S/c1-3-23(4-2)14-10-11-15-16(12-14)27-28(24,25)22-17(15)19-21-20-18(26-19)13-8-6-5-7-9-13/h5-12,17,22H,3-4H2,1-2H3. The first-order valence-corrected chi connectivity index (χ1v) is 10.4. The van der Waals surface area contributed by atoms with Gasteiger partial charge >= 0.3 is 10.3 Å². The molecule has 3 aromatic rings. The van der Waals surface area contributed by atoms with Crippen LogP contribution in [0, 0.1) is 0 Å². The summed E-state index contributed by atoms with van der Waals surface area (Å²) in [5.74, 6) is 0.734. The van der Waals surface area contributed by atoms with Gasteiger partial charge in [0, 0.05) is 36.0 Å². The molecule has 8 nitrogen and oxygen atoms in total. The zero-order valence-electron chi connectivity index (χ0n) is 15.5. The zero-order chi connectivity index (χ0) is 19.7. The van der Waals surface area contributed by atoms with Crippen molar-refractivity contribution >= 4 is 16.0 Å². The van der Waals surface area contributed by atoms with Gasteiger partial charge in [-0.3, -0.25) is 0 Å². The molecule has 1 unspecified atom stereocenters. The van der Waals surface area contributed by atoms with Crippen LogP contribution < -0.4 is 13.8 Å². The molecule has 1 atom stereocenters. The van der Waals surface area contributed by atoms with Gasteiger partial charge in [0.05, 0.1) is 0 Å². The van der Waals surface area contributed by atoms with Gasteiger partial charge in [0.1, 0.15) is 6.04 Å². The average Bonchev–Trinajstić information content (AvgIpc) is 3.18. The summed E-state index contributed by atoms with van der Waals surface area (Å²) in [6.45, 7) is 5.67. The van der Waals surface area contributed by atoms with E-state index in [2.05, 4.69) is 19.8 Å². The van der Waals surface area contributed by atoms with Crippen LogP contribution in [0.15, 0.2) is 52.9 Å². The second-order valence-corrected chi connectivity index (χ2v) is 7.60. The van der Waals surface area contributed by atoms with E-state index >= 15 is 0 Å². The maximum atomic E-state index is 12.3. The molecular weight excluding hydrogens is 380 g/mol. The van der Waals surface area contributed by atoms with Gasteiger partial charge in [-0.05, 0) is 32.0 Å². The Morgan fingerprint density at radius 3 is 2.54 bits per heavy atom. The lowest BCUT2D eigenvalue weighted by atomic mass is 10.1. The maximum Gasteiger partial charge on any atom is 0.383 e. The molecule has 0 bridgehead atoms. The molecule has 0 saturated carbocycles. The number of hydrogen-bond acceptors (Lipinski definition) is 7. The van der Waals surface area contributed by atoms with Crippen LogP contribution in [0.5, 0.6) is 5.75 Å². The van der Waals surface area contributed by atoms with Crippen LogP contribution in [-0.2, 0) is 10.3 Å². The highest BCUT2D eigenvalue weighted by Crippen LogP contribution is 2.38. The zero-order valence-corrected chi connectivity index (χ0v) is 16.3. The minimum absolute atomic E-state index is 0.155. The Hall–Kier alpha value is -2.91. The molecule has 1 aliphatic heterocycles. The predicted molar refractivity (Wildman–Crippen MR) is 104 cm³/mol. The second-order valence-electron chi connectivity index (χ2n) is 6.29. The molecule has 0 fully saturated rings. The van der Waals surface area contributed by atoms with E-state index in [0.29, 0.717) is 11.5 Å². The van der Waals surface area contributed by atoms with Crippen molar-refractivity contribution in [3.63, 3.8) is 0 Å². The number of nitrogens with one attached hydrogen (secondary N) is 1. The molecule has 4 rings (SSSR count). The summed E-state index contributed by atoms with van der Waals surface area (Å²) in [7, 11) is -4.00. The largest absolute Gasteiger partial charge is 0.419 e. The highest BCUT2D eigenvalue weighted by molar-refractivity contribution is 7.85. The summed E-state index contributed by atoms with van der Waals surface area (Å²) in [6, 6.07) is 14.0. The van der Waals surface area contributed by atoms with Crippen LogP contribution in [0.1, 0.15) is 31.3 Å². The van der Waals surface area contributed by atoms with Crippen molar-refractivity contribution in [2.24, 2.45) is 0 Å². The van der Waals surface area contributed by atoms with Crippen molar-refractivity contribution in [2.45, 2.75) is 19.9 Å². The number of rotatable bonds is 5. The topological polar surface area (TPSA) is 97.6 Å². The molecule has 0 spiro atoms. The normalized spacial score (nSPS) is 17.6. The third-order valence-electron chi connectivity index (χ3n) is 4.61. The summed E-state index contributed by atoms with van der Waals surface area (Å²) in [4.78, 5) is 2.10. The van der Waals surface area contributed by atoms with Crippen LogP contribution in [0.4, 0.5) is 5.69 Å². The Kier molecular flexibility index (Phi) is 4.78. The van der Waals surface area contributed by atoms with E-state index in [1.807, 2.05) is 56.3 Å². The van der Waals surface area contributed by atoms with Gasteiger partial charge < -0.3 is 13.5 Å². The molecule has 2 heterocycles. The van der Waals surface area contributed by atoms with Gasteiger partial charge in [-0.25, -0.2) is 0 Å². The van der Waals surface area contributed by atoms with Crippen molar-refractivity contribution in [2.75, 3.05) is 18.0 Å². The minimum Gasteiger partial charge on any atom is -0.419 e. The summed E-state index contributed by atoms with van der Waals surface area (Å²) >= 11 is 0. The monoisotopic (exact) mass is 400 g/mol. The third kappa shape index (κ3) is 3.46. The molecule has 1 aromatic heterocycles. The number of benzene rings is 2. The molecular formula is C19H20N4O4S. The van der Waals surface area contributed by atoms with Gasteiger partial charge in [0.25, 0.3) is 0 Å². The first kappa shape index (κ1) is 18.5. The quantitative estimate of drug-likeness (QED) is 0.703. The number of anilines is 1. The molecule has 146 valence electrons. The maximum absolute atomic E-state index is 12.3. The molecule has 1 aliphatic rings. The van der Waals surface area contributed by atoms with Crippen molar-refractivity contribution in [1.29, 1.82) is 0 Å². The molecule has 0 saturated heterocycles. The first-order valence-electron chi connectivity index (χ1n) is 9.00. The first-order chi connectivity index (χ1) is 13.5. The fourth-order valence-electron chi connectivity index (χ4n) is 3.20. The van der Waals surface area contributed by atoms with Crippen LogP contribution in [0.3, 0.4) is 0 Å². The lowest BCUT2D eigenvalue weighted by Crippen LogP contribution is -2.37. The summed E-state index contributed by atoms with van der Waals surface area (Å²) < 4.78 is 37.9. The van der Waals surface area contributed by atoms with Crippen molar-refractivity contribution in [1.82, 2.24) is 14.9 Å². The number of fused-ring (bicyclic) bond motifs is 1. The second kappa shape index (κ2) is 7.25. The summed E-state index contributed by atoms with van der Waals surface area (Å²) in [5.41, 5.74) is 2.26. The Labute approximate surface area is 163 Å². The molecule has 0 radical (unpaired) electrons. The SMILES string of the molecule is CCN(CC)c1ccc2c(c1)OS(=O)(=O)NC2c1nnc(-c2ccccc2)o1. The third-order valence-corrected chi connectivity index (χ3v) is 5.53. The molecule has 1 N–H and O–H groups in total.